The number of rotatable bonds is 4. The average Bonchev–Trinajstić information content (AvgIpc) is 3.25. The van der Waals surface area contributed by atoms with Gasteiger partial charge in [0.1, 0.15) is 11.8 Å². The zero-order valence-corrected chi connectivity index (χ0v) is 16.7. The van der Waals surface area contributed by atoms with Gasteiger partial charge in [-0.05, 0) is 35.6 Å². The fourth-order valence-corrected chi connectivity index (χ4v) is 4.30. The summed E-state index contributed by atoms with van der Waals surface area (Å²) in [6.07, 6.45) is 2.06. The Morgan fingerprint density at radius 2 is 2.10 bits per heavy atom. The van der Waals surface area contributed by atoms with E-state index in [1.165, 1.54) is 18.3 Å². The maximum absolute atomic E-state index is 14.1. The molecule has 0 fully saturated rings. The highest BCUT2D eigenvalue weighted by Gasteiger charge is 2.41. The van der Waals surface area contributed by atoms with Crippen molar-refractivity contribution in [2.24, 2.45) is 0 Å². The van der Waals surface area contributed by atoms with Gasteiger partial charge in [0.2, 0.25) is 0 Å². The Bertz CT molecular complexity index is 1170. The number of hydrogen-bond acceptors (Lipinski definition) is 6. The SMILES string of the molecule is CC1(CN2CCc3nc(-c4cccc(F)c4F)ccc3C2)Cn2cc([N+](=O)[O-])nc2O1. The second-order valence-corrected chi connectivity index (χ2v) is 8.18. The van der Waals surface area contributed by atoms with Gasteiger partial charge in [-0.25, -0.2) is 8.78 Å². The minimum atomic E-state index is -0.892. The van der Waals surface area contributed by atoms with Gasteiger partial charge in [0.15, 0.2) is 11.6 Å². The van der Waals surface area contributed by atoms with Gasteiger partial charge in [-0.2, -0.15) is 0 Å². The lowest BCUT2D eigenvalue weighted by atomic mass is 10.00. The summed E-state index contributed by atoms with van der Waals surface area (Å²) in [4.78, 5) is 21.1. The number of halogens is 2. The topological polar surface area (TPSA) is 86.3 Å². The summed E-state index contributed by atoms with van der Waals surface area (Å²) in [6.45, 7) is 4.43. The van der Waals surface area contributed by atoms with Gasteiger partial charge in [-0.1, -0.05) is 12.1 Å². The van der Waals surface area contributed by atoms with Crippen LogP contribution in [0.3, 0.4) is 0 Å². The number of aromatic nitrogens is 3. The van der Waals surface area contributed by atoms with Crippen LogP contribution in [0.1, 0.15) is 18.2 Å². The predicted octanol–water partition coefficient (Wildman–Crippen LogP) is 3.34. The lowest BCUT2D eigenvalue weighted by molar-refractivity contribution is -0.389. The molecule has 8 nitrogen and oxygen atoms in total. The van der Waals surface area contributed by atoms with Gasteiger partial charge in [0, 0.05) is 42.3 Å². The second-order valence-electron chi connectivity index (χ2n) is 8.18. The molecule has 2 aromatic heterocycles. The number of fused-ring (bicyclic) bond motifs is 2. The molecule has 2 aliphatic rings. The van der Waals surface area contributed by atoms with E-state index in [1.807, 2.05) is 13.0 Å². The Labute approximate surface area is 176 Å². The summed E-state index contributed by atoms with van der Waals surface area (Å²) < 4.78 is 35.3. The molecule has 0 radical (unpaired) electrons. The lowest BCUT2D eigenvalue weighted by Crippen LogP contribution is -2.46. The average molecular weight is 427 g/mol. The van der Waals surface area contributed by atoms with E-state index in [0.717, 1.165) is 23.9 Å². The highest BCUT2D eigenvalue weighted by Crippen LogP contribution is 2.33. The molecule has 4 heterocycles. The number of nitro groups is 1. The first-order valence-electron chi connectivity index (χ1n) is 9.87. The standard InChI is InChI=1S/C21H19F2N5O3/c1-21(12-27-10-18(28(29)30)25-20(27)31-21)11-26-8-7-16-13(9-26)5-6-17(24-16)14-3-2-4-15(22)19(14)23/h2-6,10H,7-9,11-12H2,1H3. The molecule has 0 N–H and O–H groups in total. The minimum Gasteiger partial charge on any atom is -0.436 e. The third kappa shape index (κ3) is 3.52. The van der Waals surface area contributed by atoms with Crippen molar-refractivity contribution in [3.63, 3.8) is 0 Å². The van der Waals surface area contributed by atoms with Crippen molar-refractivity contribution in [2.75, 3.05) is 13.1 Å². The molecule has 10 heteroatoms. The maximum atomic E-state index is 14.1. The molecule has 160 valence electrons. The van der Waals surface area contributed by atoms with Crippen LogP contribution in [0.15, 0.2) is 36.5 Å². The molecule has 0 spiro atoms. The van der Waals surface area contributed by atoms with Crippen molar-refractivity contribution in [3.05, 3.63) is 69.5 Å². The van der Waals surface area contributed by atoms with Gasteiger partial charge in [0.25, 0.3) is 0 Å². The van der Waals surface area contributed by atoms with Gasteiger partial charge in [-0.15, -0.1) is 0 Å². The molecule has 0 aliphatic carbocycles. The van der Waals surface area contributed by atoms with E-state index in [0.29, 0.717) is 31.7 Å². The highest BCUT2D eigenvalue weighted by molar-refractivity contribution is 5.60. The third-order valence-corrected chi connectivity index (χ3v) is 5.67. The Kier molecular flexibility index (Phi) is 4.47. The van der Waals surface area contributed by atoms with E-state index >= 15 is 0 Å². The molecule has 3 aromatic rings. The van der Waals surface area contributed by atoms with E-state index in [-0.39, 0.29) is 17.4 Å². The first-order chi connectivity index (χ1) is 14.8. The molecule has 0 amide bonds. The summed E-state index contributed by atoms with van der Waals surface area (Å²) >= 11 is 0. The van der Waals surface area contributed by atoms with Crippen LogP contribution in [0, 0.1) is 21.7 Å². The maximum Gasteiger partial charge on any atom is 0.415 e. The molecule has 2 aliphatic heterocycles. The van der Waals surface area contributed by atoms with E-state index in [4.69, 9.17) is 4.74 Å². The number of nitrogens with zero attached hydrogens (tertiary/aromatic N) is 5. The largest absolute Gasteiger partial charge is 0.436 e. The Hall–Kier alpha value is -3.40. The van der Waals surface area contributed by atoms with Crippen LogP contribution in [0.4, 0.5) is 14.6 Å². The van der Waals surface area contributed by atoms with Crippen molar-refractivity contribution in [1.29, 1.82) is 0 Å². The fraction of sp³-hybridized carbons (Fsp3) is 0.333. The molecule has 1 aromatic carbocycles. The summed E-state index contributed by atoms with van der Waals surface area (Å²) in [5.41, 5.74) is 1.93. The fourth-order valence-electron chi connectivity index (χ4n) is 4.30. The Morgan fingerprint density at radius 1 is 1.26 bits per heavy atom. The number of ether oxygens (including phenoxy) is 1. The molecular formula is C21H19F2N5O3. The molecule has 1 unspecified atom stereocenters. The van der Waals surface area contributed by atoms with E-state index in [2.05, 4.69) is 14.9 Å². The molecule has 0 saturated heterocycles. The van der Waals surface area contributed by atoms with Crippen LogP contribution in [-0.4, -0.2) is 43.0 Å². The van der Waals surface area contributed by atoms with Gasteiger partial charge >= 0.3 is 11.8 Å². The van der Waals surface area contributed by atoms with Crippen LogP contribution in [0.25, 0.3) is 11.3 Å². The molecular weight excluding hydrogens is 408 g/mol. The van der Waals surface area contributed by atoms with Crippen molar-refractivity contribution in [3.8, 4) is 17.3 Å². The summed E-state index contributed by atoms with van der Waals surface area (Å²) in [6, 6.07) is 7.95. The van der Waals surface area contributed by atoms with Crippen LogP contribution >= 0.6 is 0 Å². The predicted molar refractivity (Wildman–Crippen MR) is 106 cm³/mol. The first kappa shape index (κ1) is 19.6. The zero-order valence-electron chi connectivity index (χ0n) is 16.7. The number of imidazole rings is 1. The lowest BCUT2D eigenvalue weighted by Gasteiger charge is -2.34. The smallest absolute Gasteiger partial charge is 0.415 e. The first-order valence-corrected chi connectivity index (χ1v) is 9.87. The quantitative estimate of drug-likeness (QED) is 0.469. The van der Waals surface area contributed by atoms with Gasteiger partial charge in [-0.3, -0.25) is 14.5 Å². The molecule has 5 rings (SSSR count). The van der Waals surface area contributed by atoms with Crippen LogP contribution < -0.4 is 4.74 Å². The summed E-state index contributed by atoms with van der Waals surface area (Å²) in [7, 11) is 0. The van der Waals surface area contributed by atoms with Crippen molar-refractivity contribution in [2.45, 2.75) is 32.0 Å². The van der Waals surface area contributed by atoms with Crippen LogP contribution in [0.5, 0.6) is 6.01 Å². The van der Waals surface area contributed by atoms with Crippen LogP contribution in [-0.2, 0) is 19.5 Å². The Morgan fingerprint density at radius 3 is 2.87 bits per heavy atom. The molecule has 31 heavy (non-hydrogen) atoms. The van der Waals surface area contributed by atoms with Crippen molar-refractivity contribution >= 4 is 5.82 Å². The second kappa shape index (κ2) is 7.09. The zero-order chi connectivity index (χ0) is 21.8. The van der Waals surface area contributed by atoms with Crippen molar-refractivity contribution in [1.82, 2.24) is 19.4 Å². The normalized spacial score (nSPS) is 20.2. The van der Waals surface area contributed by atoms with E-state index in [9.17, 15) is 18.9 Å². The summed E-state index contributed by atoms with van der Waals surface area (Å²) in [5.74, 6) is -2.00. The highest BCUT2D eigenvalue weighted by atomic mass is 19.2. The van der Waals surface area contributed by atoms with E-state index < -0.39 is 22.2 Å². The number of benzene rings is 1. The van der Waals surface area contributed by atoms with Gasteiger partial charge < -0.3 is 14.9 Å². The van der Waals surface area contributed by atoms with E-state index in [1.54, 1.807) is 10.6 Å². The summed E-state index contributed by atoms with van der Waals surface area (Å²) in [5, 5.41) is 10.9. The number of pyridine rings is 1. The van der Waals surface area contributed by atoms with Crippen LogP contribution in [0.2, 0.25) is 0 Å². The van der Waals surface area contributed by atoms with Gasteiger partial charge in [0.05, 0.1) is 12.2 Å². The number of hydrogen-bond donors (Lipinski definition) is 0. The monoisotopic (exact) mass is 427 g/mol. The minimum absolute atomic E-state index is 0.153. The molecule has 0 saturated carbocycles. The Balaban J connectivity index is 1.30. The van der Waals surface area contributed by atoms with Crippen molar-refractivity contribution < 1.29 is 18.4 Å². The molecule has 0 bridgehead atoms. The molecule has 1 atom stereocenters. The third-order valence-electron chi connectivity index (χ3n) is 5.67.